The number of benzene rings is 1. The van der Waals surface area contributed by atoms with Crippen molar-refractivity contribution >= 4 is 17.2 Å². The van der Waals surface area contributed by atoms with Crippen molar-refractivity contribution < 1.29 is 9.53 Å². The predicted molar refractivity (Wildman–Crippen MR) is 84.3 cm³/mol. The maximum Gasteiger partial charge on any atom is 0.228 e. The number of ether oxygens (including phenoxy) is 1. The summed E-state index contributed by atoms with van der Waals surface area (Å²) in [5.74, 6) is 0.183. The smallest absolute Gasteiger partial charge is 0.228 e. The van der Waals surface area contributed by atoms with Gasteiger partial charge in [-0.15, -0.1) is 11.3 Å². The molecule has 3 nitrogen and oxygen atoms in total. The molecule has 110 valence electrons. The molecule has 0 spiro atoms. The first-order valence-corrected chi connectivity index (χ1v) is 8.05. The van der Waals surface area contributed by atoms with E-state index in [4.69, 9.17) is 4.74 Å². The van der Waals surface area contributed by atoms with Crippen LogP contribution in [0.5, 0.6) is 0 Å². The number of carbonyl (C=O) groups excluding carboxylic acids is 1. The van der Waals surface area contributed by atoms with Gasteiger partial charge in [0.25, 0.3) is 0 Å². The van der Waals surface area contributed by atoms with E-state index in [9.17, 15) is 4.79 Å². The average molecular weight is 301 g/mol. The quantitative estimate of drug-likeness (QED) is 0.872. The molecule has 0 aliphatic carbocycles. The molecule has 0 saturated carbocycles. The van der Waals surface area contributed by atoms with Crippen LogP contribution in [0.4, 0.5) is 0 Å². The van der Waals surface area contributed by atoms with Crippen molar-refractivity contribution in [1.29, 1.82) is 0 Å². The van der Waals surface area contributed by atoms with Crippen LogP contribution in [0.15, 0.2) is 47.8 Å². The highest BCUT2D eigenvalue weighted by molar-refractivity contribution is 7.10. The van der Waals surface area contributed by atoms with Crippen LogP contribution in [-0.4, -0.2) is 30.5 Å². The molecule has 3 rings (SSSR count). The number of nitrogens with zero attached hydrogens (tertiary/aromatic N) is 1. The Balaban J connectivity index is 1.72. The zero-order valence-electron chi connectivity index (χ0n) is 12.1. The molecular weight excluding hydrogens is 282 g/mol. The number of hydrogen-bond acceptors (Lipinski definition) is 3. The van der Waals surface area contributed by atoms with E-state index in [2.05, 4.69) is 19.1 Å². The number of thiophene rings is 1. The normalized spacial score (nSPS) is 22.2. The van der Waals surface area contributed by atoms with Gasteiger partial charge in [0.1, 0.15) is 5.60 Å². The third kappa shape index (κ3) is 3.17. The molecule has 0 N–H and O–H groups in total. The van der Waals surface area contributed by atoms with Gasteiger partial charge in [-0.3, -0.25) is 4.79 Å². The molecule has 0 bridgehead atoms. The van der Waals surface area contributed by atoms with Gasteiger partial charge >= 0.3 is 0 Å². The van der Waals surface area contributed by atoms with Gasteiger partial charge in [-0.25, -0.2) is 0 Å². The van der Waals surface area contributed by atoms with Crippen LogP contribution in [0, 0.1) is 0 Å². The molecule has 1 aromatic heterocycles. The minimum Gasteiger partial charge on any atom is -0.367 e. The van der Waals surface area contributed by atoms with Gasteiger partial charge in [-0.05, 0) is 23.9 Å². The van der Waals surface area contributed by atoms with Gasteiger partial charge in [-0.2, -0.15) is 0 Å². The maximum absolute atomic E-state index is 12.5. The van der Waals surface area contributed by atoms with Crippen LogP contribution in [-0.2, 0) is 21.6 Å². The number of amides is 1. The predicted octanol–water partition coefficient (Wildman–Crippen LogP) is 3.06. The third-order valence-electron chi connectivity index (χ3n) is 3.92. The molecule has 1 aromatic carbocycles. The summed E-state index contributed by atoms with van der Waals surface area (Å²) in [7, 11) is 0. The van der Waals surface area contributed by atoms with Crippen molar-refractivity contribution in [3.63, 3.8) is 0 Å². The monoisotopic (exact) mass is 301 g/mol. The Kier molecular flexibility index (Phi) is 4.08. The molecule has 2 heterocycles. The average Bonchev–Trinajstić information content (AvgIpc) is 3.01. The second-order valence-electron chi connectivity index (χ2n) is 5.52. The van der Waals surface area contributed by atoms with Crippen molar-refractivity contribution in [2.24, 2.45) is 0 Å². The summed E-state index contributed by atoms with van der Waals surface area (Å²) in [4.78, 5) is 15.5. The number of carbonyl (C=O) groups is 1. The second kappa shape index (κ2) is 6.00. The van der Waals surface area contributed by atoms with Crippen LogP contribution in [0.2, 0.25) is 0 Å². The van der Waals surface area contributed by atoms with Crippen LogP contribution >= 0.6 is 11.3 Å². The highest BCUT2D eigenvalue weighted by atomic mass is 32.1. The van der Waals surface area contributed by atoms with E-state index in [-0.39, 0.29) is 5.91 Å². The van der Waals surface area contributed by atoms with Gasteiger partial charge in [-0.1, -0.05) is 36.4 Å². The fraction of sp³-hybridized carbons (Fsp3) is 0.353. The molecule has 4 heteroatoms. The molecule has 1 fully saturated rings. The number of morpholine rings is 1. The fourth-order valence-corrected chi connectivity index (χ4v) is 3.42. The molecule has 2 aromatic rings. The van der Waals surface area contributed by atoms with E-state index in [1.54, 1.807) is 11.3 Å². The Labute approximate surface area is 129 Å². The zero-order chi connectivity index (χ0) is 14.7. The first kappa shape index (κ1) is 14.3. The van der Waals surface area contributed by atoms with E-state index in [1.165, 1.54) is 0 Å². The van der Waals surface area contributed by atoms with Crippen molar-refractivity contribution in [2.45, 2.75) is 18.9 Å². The van der Waals surface area contributed by atoms with Gasteiger partial charge in [0.15, 0.2) is 0 Å². The molecule has 1 saturated heterocycles. The molecule has 1 aliphatic rings. The maximum atomic E-state index is 12.5. The summed E-state index contributed by atoms with van der Waals surface area (Å²) in [6.45, 7) is 3.93. The van der Waals surface area contributed by atoms with Crippen LogP contribution in [0.25, 0.3) is 0 Å². The first-order valence-electron chi connectivity index (χ1n) is 7.17. The van der Waals surface area contributed by atoms with Gasteiger partial charge in [0.2, 0.25) is 5.91 Å². The Bertz CT molecular complexity index is 597. The molecular formula is C17H19NO2S. The number of rotatable bonds is 3. The largest absolute Gasteiger partial charge is 0.367 e. The SMILES string of the molecule is C[C@]1(c2ccccc2)CN(C(=O)Cc2cccs2)CCO1. The topological polar surface area (TPSA) is 29.5 Å². The highest BCUT2D eigenvalue weighted by Gasteiger charge is 2.35. The Hall–Kier alpha value is -1.65. The van der Waals surface area contributed by atoms with E-state index in [0.717, 1.165) is 10.4 Å². The molecule has 21 heavy (non-hydrogen) atoms. The molecule has 1 atom stereocenters. The van der Waals surface area contributed by atoms with Crippen molar-refractivity contribution in [1.82, 2.24) is 4.90 Å². The standard InChI is InChI=1S/C17H19NO2S/c1-17(14-6-3-2-4-7-14)13-18(9-10-20-17)16(19)12-15-8-5-11-21-15/h2-8,11H,9-10,12-13H2,1H3/t17-/m1/s1. The highest BCUT2D eigenvalue weighted by Crippen LogP contribution is 2.29. The molecule has 0 unspecified atom stereocenters. The van der Waals surface area contributed by atoms with Crippen LogP contribution in [0.3, 0.4) is 0 Å². The van der Waals surface area contributed by atoms with E-state index in [1.807, 2.05) is 40.6 Å². The van der Waals surface area contributed by atoms with E-state index >= 15 is 0 Å². The number of hydrogen-bond donors (Lipinski definition) is 0. The minimum absolute atomic E-state index is 0.183. The molecule has 1 aliphatic heterocycles. The summed E-state index contributed by atoms with van der Waals surface area (Å²) in [6, 6.07) is 14.1. The summed E-state index contributed by atoms with van der Waals surface area (Å²) < 4.78 is 5.98. The second-order valence-corrected chi connectivity index (χ2v) is 6.55. The lowest BCUT2D eigenvalue weighted by Crippen LogP contribution is -2.50. The lowest BCUT2D eigenvalue weighted by molar-refractivity contribution is -0.149. The van der Waals surface area contributed by atoms with Gasteiger partial charge < -0.3 is 9.64 Å². The summed E-state index contributed by atoms with van der Waals surface area (Å²) in [6.07, 6.45) is 0.489. The van der Waals surface area contributed by atoms with Crippen molar-refractivity contribution in [2.75, 3.05) is 19.7 Å². The fourth-order valence-electron chi connectivity index (χ4n) is 2.72. The zero-order valence-corrected chi connectivity index (χ0v) is 12.9. The Morgan fingerprint density at radius 3 is 2.81 bits per heavy atom. The Morgan fingerprint density at radius 2 is 2.10 bits per heavy atom. The molecule has 0 radical (unpaired) electrons. The van der Waals surface area contributed by atoms with Gasteiger partial charge in [0.05, 0.1) is 19.6 Å². The van der Waals surface area contributed by atoms with E-state index < -0.39 is 5.60 Å². The minimum atomic E-state index is -0.412. The lowest BCUT2D eigenvalue weighted by atomic mass is 9.93. The van der Waals surface area contributed by atoms with Gasteiger partial charge in [0, 0.05) is 11.4 Å². The lowest BCUT2D eigenvalue weighted by Gasteiger charge is -2.41. The molecule has 1 amide bonds. The summed E-state index contributed by atoms with van der Waals surface area (Å²) in [5.41, 5.74) is 0.712. The third-order valence-corrected chi connectivity index (χ3v) is 4.79. The van der Waals surface area contributed by atoms with Crippen molar-refractivity contribution in [3.05, 3.63) is 58.3 Å². The van der Waals surface area contributed by atoms with Crippen LogP contribution in [0.1, 0.15) is 17.4 Å². The summed E-state index contributed by atoms with van der Waals surface area (Å²) >= 11 is 1.63. The first-order chi connectivity index (χ1) is 10.2. The summed E-state index contributed by atoms with van der Waals surface area (Å²) in [5, 5.41) is 2.01. The van der Waals surface area contributed by atoms with Crippen LogP contribution < -0.4 is 0 Å². The Morgan fingerprint density at radius 1 is 1.29 bits per heavy atom. The van der Waals surface area contributed by atoms with Crippen molar-refractivity contribution in [3.8, 4) is 0 Å². The van der Waals surface area contributed by atoms with E-state index in [0.29, 0.717) is 26.1 Å².